The lowest BCUT2D eigenvalue weighted by Gasteiger charge is -2.29. The minimum atomic E-state index is -3.43. The largest absolute Gasteiger partial charge is 0.480 e. The molecule has 0 aromatic carbocycles. The molecule has 2 amide bonds. The number of carboxylic acid groups (broad SMARTS) is 1. The molecule has 1 N–H and O–H groups in total. The van der Waals surface area contributed by atoms with Crippen LogP contribution >= 0.6 is 0 Å². The fourth-order valence-electron chi connectivity index (χ4n) is 2.69. The highest BCUT2D eigenvalue weighted by molar-refractivity contribution is 7.88. The third-order valence-corrected chi connectivity index (χ3v) is 5.39. The molecule has 0 bridgehead atoms. The Bertz CT molecular complexity index is 591. The van der Waals surface area contributed by atoms with Crippen molar-refractivity contribution < 1.29 is 27.9 Å². The Morgan fingerprint density at radius 3 is 2.29 bits per heavy atom. The van der Waals surface area contributed by atoms with Crippen LogP contribution in [-0.4, -0.2) is 90.9 Å². The minimum absolute atomic E-state index is 0.227. The number of likely N-dealkylation sites (N-methyl/N-ethyl adjacent to an activating group) is 1. The highest BCUT2D eigenvalue weighted by Gasteiger charge is 2.28. The summed E-state index contributed by atoms with van der Waals surface area (Å²) in [5, 5.41) is 8.93. The normalized spacial score (nSPS) is 19.0. The summed E-state index contributed by atoms with van der Waals surface area (Å²) in [6.07, 6.45) is 2.75. The van der Waals surface area contributed by atoms with Crippen LogP contribution < -0.4 is 0 Å². The monoisotopic (exact) mass is 363 g/mol. The number of sulfonamides is 1. The molecule has 138 valence electrons. The van der Waals surface area contributed by atoms with Crippen molar-refractivity contribution in [3.63, 3.8) is 0 Å². The van der Waals surface area contributed by atoms with Crippen molar-refractivity contribution >= 4 is 27.8 Å². The fraction of sp³-hybridized carbons (Fsp3) is 0.786. The van der Waals surface area contributed by atoms with E-state index < -0.39 is 16.0 Å². The highest BCUT2D eigenvalue weighted by atomic mass is 32.2. The molecular formula is C14H25N3O6S. The molecule has 24 heavy (non-hydrogen) atoms. The van der Waals surface area contributed by atoms with Crippen LogP contribution in [0.1, 0.15) is 26.2 Å². The Hall–Kier alpha value is -1.68. The van der Waals surface area contributed by atoms with Crippen molar-refractivity contribution in [1.82, 2.24) is 14.1 Å². The van der Waals surface area contributed by atoms with Crippen molar-refractivity contribution in [3.05, 3.63) is 0 Å². The van der Waals surface area contributed by atoms with Crippen molar-refractivity contribution in [3.8, 4) is 0 Å². The Kier molecular flexibility index (Phi) is 7.15. The zero-order valence-corrected chi connectivity index (χ0v) is 15.1. The molecule has 1 saturated heterocycles. The zero-order chi connectivity index (χ0) is 18.5. The first-order chi connectivity index (χ1) is 11.0. The van der Waals surface area contributed by atoms with E-state index in [1.54, 1.807) is 4.90 Å². The van der Waals surface area contributed by atoms with Crippen LogP contribution in [0.3, 0.4) is 0 Å². The Labute approximate surface area is 142 Å². The predicted octanol–water partition coefficient (Wildman–Crippen LogP) is -0.808. The Morgan fingerprint density at radius 2 is 1.79 bits per heavy atom. The molecule has 1 heterocycles. The van der Waals surface area contributed by atoms with E-state index >= 15 is 0 Å². The molecule has 0 radical (unpaired) electrons. The summed E-state index contributed by atoms with van der Waals surface area (Å²) in [6.45, 7) is 1.58. The van der Waals surface area contributed by atoms with Crippen LogP contribution in [-0.2, 0) is 24.4 Å². The average Bonchev–Trinajstić information content (AvgIpc) is 2.68. The summed E-state index contributed by atoms with van der Waals surface area (Å²) < 4.78 is 23.8. The maximum absolute atomic E-state index is 12.2. The molecule has 10 heteroatoms. The van der Waals surface area contributed by atoms with Gasteiger partial charge in [0.15, 0.2) is 0 Å². The second-order valence-electron chi connectivity index (χ2n) is 6.03. The number of amides is 2. The van der Waals surface area contributed by atoms with E-state index in [2.05, 4.69) is 0 Å². The molecule has 1 aliphatic rings. The first-order valence-electron chi connectivity index (χ1n) is 7.70. The van der Waals surface area contributed by atoms with Crippen LogP contribution in [0.5, 0.6) is 0 Å². The third-order valence-electron chi connectivity index (χ3n) is 4.13. The number of hydrogen-bond acceptors (Lipinski definition) is 5. The number of hydrogen-bond donors (Lipinski definition) is 1. The van der Waals surface area contributed by atoms with Crippen molar-refractivity contribution in [2.75, 3.05) is 39.5 Å². The summed E-state index contributed by atoms with van der Waals surface area (Å²) in [5.74, 6) is -1.67. The van der Waals surface area contributed by atoms with E-state index in [0.717, 1.165) is 10.6 Å². The quantitative estimate of drug-likeness (QED) is 0.660. The van der Waals surface area contributed by atoms with Gasteiger partial charge in [-0.3, -0.25) is 14.4 Å². The Morgan fingerprint density at radius 1 is 1.17 bits per heavy atom. The smallest absolute Gasteiger partial charge is 0.323 e. The second-order valence-corrected chi connectivity index (χ2v) is 8.11. The number of likely N-dealkylation sites (tertiary alicyclic amines) is 1. The van der Waals surface area contributed by atoms with Gasteiger partial charge in [-0.1, -0.05) is 0 Å². The topological polar surface area (TPSA) is 115 Å². The summed E-state index contributed by atoms with van der Waals surface area (Å²) in [4.78, 5) is 37.7. The van der Waals surface area contributed by atoms with Gasteiger partial charge in [0, 0.05) is 33.1 Å². The van der Waals surface area contributed by atoms with Gasteiger partial charge in [-0.2, -0.15) is 4.31 Å². The van der Waals surface area contributed by atoms with E-state index in [1.165, 1.54) is 18.9 Å². The Balaban J connectivity index is 2.69. The maximum Gasteiger partial charge on any atom is 0.323 e. The fourth-order valence-corrected chi connectivity index (χ4v) is 3.04. The predicted molar refractivity (Wildman–Crippen MR) is 86.7 cm³/mol. The van der Waals surface area contributed by atoms with Gasteiger partial charge in [0.05, 0.1) is 12.8 Å². The van der Waals surface area contributed by atoms with Crippen molar-refractivity contribution in [1.29, 1.82) is 0 Å². The number of nitrogens with zero attached hydrogens (tertiary/aromatic N) is 3. The average molecular weight is 363 g/mol. The van der Waals surface area contributed by atoms with Crippen LogP contribution in [0.4, 0.5) is 0 Å². The number of aliphatic carboxylic acids is 1. The molecule has 0 saturated carbocycles. The lowest BCUT2D eigenvalue weighted by molar-refractivity contribution is -0.145. The highest BCUT2D eigenvalue weighted by Crippen LogP contribution is 2.17. The van der Waals surface area contributed by atoms with Crippen molar-refractivity contribution in [2.45, 2.75) is 32.2 Å². The van der Waals surface area contributed by atoms with Gasteiger partial charge in [0.1, 0.15) is 6.54 Å². The summed E-state index contributed by atoms with van der Waals surface area (Å²) in [7, 11) is -2.08. The van der Waals surface area contributed by atoms with E-state index in [1.807, 2.05) is 0 Å². The molecule has 1 unspecified atom stereocenters. The molecule has 1 rings (SSSR count). The van der Waals surface area contributed by atoms with E-state index in [-0.39, 0.29) is 30.9 Å². The van der Waals surface area contributed by atoms with Gasteiger partial charge >= 0.3 is 5.97 Å². The number of carbonyl (C=O) groups excluding carboxylic acids is 2. The van der Waals surface area contributed by atoms with Crippen molar-refractivity contribution in [2.24, 2.45) is 0 Å². The van der Waals surface area contributed by atoms with Gasteiger partial charge < -0.3 is 14.9 Å². The van der Waals surface area contributed by atoms with Crippen LogP contribution in [0.2, 0.25) is 0 Å². The molecule has 1 fully saturated rings. The van der Waals surface area contributed by atoms with Crippen LogP contribution in [0, 0.1) is 0 Å². The van der Waals surface area contributed by atoms with Gasteiger partial charge in [-0.25, -0.2) is 8.42 Å². The zero-order valence-electron chi connectivity index (χ0n) is 14.3. The molecule has 0 aliphatic carbocycles. The third kappa shape index (κ3) is 6.08. The SMILES string of the molecule is CC(=O)N(CC(=O)O)C1CCCN(C(=O)CN(C)S(C)(=O)=O)CC1. The lowest BCUT2D eigenvalue weighted by atomic mass is 10.1. The second kappa shape index (κ2) is 8.43. The maximum atomic E-state index is 12.2. The molecule has 0 spiro atoms. The summed E-state index contributed by atoms with van der Waals surface area (Å²) in [5.41, 5.74) is 0. The molecule has 1 aliphatic heterocycles. The molecule has 0 aromatic heterocycles. The number of rotatable bonds is 6. The minimum Gasteiger partial charge on any atom is -0.480 e. The number of carbonyl (C=O) groups is 3. The van der Waals surface area contributed by atoms with Crippen LogP contribution in [0.25, 0.3) is 0 Å². The van der Waals surface area contributed by atoms with E-state index in [0.29, 0.717) is 32.4 Å². The van der Waals surface area contributed by atoms with Crippen LogP contribution in [0.15, 0.2) is 0 Å². The van der Waals surface area contributed by atoms with Gasteiger partial charge in [0.25, 0.3) is 0 Å². The molecule has 1 atom stereocenters. The van der Waals surface area contributed by atoms with Gasteiger partial charge in [0.2, 0.25) is 21.8 Å². The summed E-state index contributed by atoms with van der Waals surface area (Å²) >= 11 is 0. The first kappa shape index (κ1) is 20.4. The molecular weight excluding hydrogens is 338 g/mol. The standard InChI is InChI=1S/C14H25N3O6S/c1-11(18)17(10-14(20)21)12-5-4-7-16(8-6-12)13(19)9-15(2)24(3,22)23/h12H,4-10H2,1-3H3,(H,20,21). The molecule has 0 aromatic rings. The molecule has 9 nitrogen and oxygen atoms in total. The van der Waals surface area contributed by atoms with Gasteiger partial charge in [-0.15, -0.1) is 0 Å². The first-order valence-corrected chi connectivity index (χ1v) is 9.55. The van der Waals surface area contributed by atoms with Gasteiger partial charge in [-0.05, 0) is 19.3 Å². The van der Waals surface area contributed by atoms with E-state index in [4.69, 9.17) is 5.11 Å². The van der Waals surface area contributed by atoms with E-state index in [9.17, 15) is 22.8 Å². The number of carboxylic acids is 1. The summed E-state index contributed by atoms with van der Waals surface area (Å²) in [6, 6.07) is -0.232. The lowest BCUT2D eigenvalue weighted by Crippen LogP contribution is -2.44.